The molecular formula is C12H15ClN2O3S. The minimum atomic E-state index is -0.571. The zero-order valence-corrected chi connectivity index (χ0v) is 12.1. The number of carbonyl (C=O) groups excluding carboxylic acids is 1. The Morgan fingerprint density at radius 1 is 1.53 bits per heavy atom. The number of thiophene rings is 1. The molecule has 0 bridgehead atoms. The van der Waals surface area contributed by atoms with E-state index in [2.05, 4.69) is 12.2 Å². The maximum atomic E-state index is 12.1. The van der Waals surface area contributed by atoms with Crippen LogP contribution in [0.15, 0.2) is 6.07 Å². The Morgan fingerprint density at radius 2 is 2.21 bits per heavy atom. The topological polar surface area (TPSA) is 72.2 Å². The van der Waals surface area contributed by atoms with E-state index in [-0.39, 0.29) is 22.0 Å². The van der Waals surface area contributed by atoms with Gasteiger partial charge in [0, 0.05) is 12.1 Å². The second-order valence-electron chi connectivity index (χ2n) is 4.87. The van der Waals surface area contributed by atoms with Crippen molar-refractivity contribution >= 4 is 34.5 Å². The van der Waals surface area contributed by atoms with Gasteiger partial charge in [-0.2, -0.15) is 0 Å². The number of halogens is 1. The third-order valence-electron chi connectivity index (χ3n) is 3.52. The van der Waals surface area contributed by atoms with E-state index < -0.39 is 4.92 Å². The fraction of sp³-hybridized carbons (Fsp3) is 0.583. The monoisotopic (exact) mass is 302 g/mol. The summed E-state index contributed by atoms with van der Waals surface area (Å²) in [6.45, 7) is 2.12. The molecule has 0 spiro atoms. The Balaban J connectivity index is 2.07. The SMILES string of the molecule is CC1CCCCC1NC(=O)c1cc([N+](=O)[O-])c(Cl)s1. The fourth-order valence-electron chi connectivity index (χ4n) is 2.37. The van der Waals surface area contributed by atoms with E-state index in [9.17, 15) is 14.9 Å². The number of nitrogens with one attached hydrogen (secondary N) is 1. The summed E-state index contributed by atoms with van der Waals surface area (Å²) in [6.07, 6.45) is 4.38. The van der Waals surface area contributed by atoms with E-state index >= 15 is 0 Å². The van der Waals surface area contributed by atoms with E-state index in [1.165, 1.54) is 12.5 Å². The van der Waals surface area contributed by atoms with Crippen LogP contribution in [0.3, 0.4) is 0 Å². The molecule has 1 amide bonds. The highest BCUT2D eigenvalue weighted by atomic mass is 35.5. The van der Waals surface area contributed by atoms with E-state index in [4.69, 9.17) is 11.6 Å². The van der Waals surface area contributed by atoms with Gasteiger partial charge in [0.05, 0.1) is 4.92 Å². The Kier molecular flexibility index (Phi) is 4.42. The summed E-state index contributed by atoms with van der Waals surface area (Å²) >= 11 is 6.70. The predicted molar refractivity (Wildman–Crippen MR) is 74.9 cm³/mol. The van der Waals surface area contributed by atoms with E-state index in [1.54, 1.807) is 0 Å². The number of nitro groups is 1. The van der Waals surface area contributed by atoms with Crippen LogP contribution in [0.25, 0.3) is 0 Å². The molecule has 1 fully saturated rings. The molecule has 5 nitrogen and oxygen atoms in total. The smallest absolute Gasteiger partial charge is 0.299 e. The van der Waals surface area contributed by atoms with Crippen molar-refractivity contribution in [2.24, 2.45) is 5.92 Å². The lowest BCUT2D eigenvalue weighted by atomic mass is 9.86. The molecule has 2 atom stereocenters. The molecule has 1 aromatic heterocycles. The van der Waals surface area contributed by atoms with Crippen molar-refractivity contribution in [2.75, 3.05) is 0 Å². The Morgan fingerprint density at radius 3 is 2.79 bits per heavy atom. The molecule has 1 N–H and O–H groups in total. The molecule has 19 heavy (non-hydrogen) atoms. The standard InChI is InChI=1S/C12H15ClN2O3S/c1-7-4-2-3-5-8(7)14-12(16)10-6-9(15(17)18)11(13)19-10/h6-8H,2-5H2,1H3,(H,14,16). The van der Waals surface area contributed by atoms with Gasteiger partial charge in [-0.25, -0.2) is 0 Å². The maximum Gasteiger partial charge on any atom is 0.299 e. The summed E-state index contributed by atoms with van der Waals surface area (Å²) in [4.78, 5) is 22.5. The first kappa shape index (κ1) is 14.3. The largest absolute Gasteiger partial charge is 0.348 e. The van der Waals surface area contributed by atoms with Crippen molar-refractivity contribution in [2.45, 2.75) is 38.6 Å². The summed E-state index contributed by atoms with van der Waals surface area (Å²) in [5.74, 6) is 0.182. The molecule has 1 aliphatic carbocycles. The van der Waals surface area contributed by atoms with E-state index in [1.807, 2.05) is 0 Å². The molecule has 1 aliphatic rings. The number of hydrogen-bond acceptors (Lipinski definition) is 4. The zero-order valence-electron chi connectivity index (χ0n) is 10.5. The molecule has 7 heteroatoms. The molecule has 0 radical (unpaired) electrons. The van der Waals surface area contributed by atoms with Gasteiger partial charge in [0.1, 0.15) is 4.88 Å². The lowest BCUT2D eigenvalue weighted by molar-refractivity contribution is -0.384. The second-order valence-corrected chi connectivity index (χ2v) is 6.52. The van der Waals surface area contributed by atoms with Gasteiger partial charge in [-0.3, -0.25) is 14.9 Å². The number of hydrogen-bond donors (Lipinski definition) is 1. The number of amides is 1. The number of carbonyl (C=O) groups is 1. The van der Waals surface area contributed by atoms with Gasteiger partial charge in [-0.15, -0.1) is 11.3 Å². The lowest BCUT2D eigenvalue weighted by Gasteiger charge is -2.29. The average Bonchev–Trinajstić information content (AvgIpc) is 2.74. The quantitative estimate of drug-likeness (QED) is 0.684. The highest BCUT2D eigenvalue weighted by molar-refractivity contribution is 7.18. The van der Waals surface area contributed by atoms with Crippen molar-refractivity contribution < 1.29 is 9.72 Å². The van der Waals surface area contributed by atoms with Crippen LogP contribution in [0.2, 0.25) is 4.34 Å². The molecule has 1 aromatic rings. The third kappa shape index (κ3) is 3.25. The summed E-state index contributed by atoms with van der Waals surface area (Å²) in [7, 11) is 0. The van der Waals surface area contributed by atoms with Crippen molar-refractivity contribution in [3.63, 3.8) is 0 Å². The first-order chi connectivity index (χ1) is 8.99. The number of rotatable bonds is 3. The van der Waals surface area contributed by atoms with Crippen LogP contribution >= 0.6 is 22.9 Å². The van der Waals surface area contributed by atoms with Crippen LogP contribution < -0.4 is 5.32 Å². The fourth-order valence-corrected chi connectivity index (χ4v) is 3.49. The Hall–Kier alpha value is -1.14. The molecule has 104 valence electrons. The predicted octanol–water partition coefficient (Wildman–Crippen LogP) is 3.62. The first-order valence-electron chi connectivity index (χ1n) is 6.23. The number of nitrogens with zero attached hydrogens (tertiary/aromatic N) is 1. The molecule has 0 aliphatic heterocycles. The Bertz CT molecular complexity index is 503. The lowest BCUT2D eigenvalue weighted by Crippen LogP contribution is -2.40. The molecule has 2 unspecified atom stereocenters. The molecule has 0 aromatic carbocycles. The normalized spacial score (nSPS) is 23.1. The third-order valence-corrected chi connectivity index (χ3v) is 4.85. The highest BCUT2D eigenvalue weighted by Crippen LogP contribution is 2.34. The molecule has 2 rings (SSSR count). The summed E-state index contributed by atoms with van der Waals surface area (Å²) in [5.41, 5.74) is -0.200. The van der Waals surface area contributed by atoms with Gasteiger partial charge in [0.15, 0.2) is 4.34 Å². The second kappa shape index (κ2) is 5.88. The van der Waals surface area contributed by atoms with Crippen LogP contribution in [0, 0.1) is 16.0 Å². The van der Waals surface area contributed by atoms with E-state index in [0.29, 0.717) is 10.8 Å². The van der Waals surface area contributed by atoms with Gasteiger partial charge < -0.3 is 5.32 Å². The van der Waals surface area contributed by atoms with Gasteiger partial charge in [-0.1, -0.05) is 31.4 Å². The van der Waals surface area contributed by atoms with Gasteiger partial charge in [0.2, 0.25) is 0 Å². The maximum absolute atomic E-state index is 12.1. The van der Waals surface area contributed by atoms with Gasteiger partial charge in [0.25, 0.3) is 11.6 Å². The van der Waals surface area contributed by atoms with Crippen molar-refractivity contribution in [1.29, 1.82) is 0 Å². The average molecular weight is 303 g/mol. The van der Waals surface area contributed by atoms with Crippen LogP contribution in [0.4, 0.5) is 5.69 Å². The molecule has 1 heterocycles. The first-order valence-corrected chi connectivity index (χ1v) is 7.43. The zero-order chi connectivity index (χ0) is 14.0. The van der Waals surface area contributed by atoms with Crippen molar-refractivity contribution in [3.05, 3.63) is 25.4 Å². The van der Waals surface area contributed by atoms with Gasteiger partial charge >= 0.3 is 0 Å². The highest BCUT2D eigenvalue weighted by Gasteiger charge is 2.26. The van der Waals surface area contributed by atoms with Crippen LogP contribution in [0.5, 0.6) is 0 Å². The van der Waals surface area contributed by atoms with E-state index in [0.717, 1.165) is 30.6 Å². The van der Waals surface area contributed by atoms with Crippen molar-refractivity contribution in [3.8, 4) is 0 Å². The minimum Gasteiger partial charge on any atom is -0.348 e. The minimum absolute atomic E-state index is 0.0480. The van der Waals surface area contributed by atoms with Crippen molar-refractivity contribution in [1.82, 2.24) is 5.32 Å². The molecular weight excluding hydrogens is 288 g/mol. The van der Waals surface area contributed by atoms with Crippen LogP contribution in [-0.4, -0.2) is 16.9 Å². The molecule has 1 saturated carbocycles. The summed E-state index contributed by atoms with van der Waals surface area (Å²) in [6, 6.07) is 1.40. The summed E-state index contributed by atoms with van der Waals surface area (Å²) in [5, 5.41) is 13.7. The van der Waals surface area contributed by atoms with Crippen LogP contribution in [0.1, 0.15) is 42.3 Å². The Labute approximate surface area is 120 Å². The van der Waals surface area contributed by atoms with Crippen LogP contribution in [-0.2, 0) is 0 Å². The van der Waals surface area contributed by atoms with Gasteiger partial charge in [-0.05, 0) is 18.8 Å². The summed E-state index contributed by atoms with van der Waals surface area (Å²) < 4.78 is 0.0480. The molecule has 0 saturated heterocycles.